The van der Waals surface area contributed by atoms with E-state index in [0.717, 1.165) is 29.7 Å². The lowest BCUT2D eigenvalue weighted by molar-refractivity contribution is 0.0983. The fourth-order valence-corrected chi connectivity index (χ4v) is 3.44. The summed E-state index contributed by atoms with van der Waals surface area (Å²) in [6, 6.07) is 19.3. The molecule has 0 unspecified atom stereocenters. The van der Waals surface area contributed by atoms with Crippen LogP contribution in [0.25, 0.3) is 11.1 Å². The van der Waals surface area contributed by atoms with Gasteiger partial charge in [0, 0.05) is 37.0 Å². The lowest BCUT2D eigenvalue weighted by Crippen LogP contribution is -2.17. The van der Waals surface area contributed by atoms with E-state index < -0.39 is 5.95 Å². The van der Waals surface area contributed by atoms with E-state index in [1.54, 1.807) is 13.0 Å². The zero-order valence-corrected chi connectivity index (χ0v) is 17.3. The summed E-state index contributed by atoms with van der Waals surface area (Å²) in [4.78, 5) is 18.6. The van der Waals surface area contributed by atoms with Gasteiger partial charge in [0.25, 0.3) is 0 Å². The predicted molar refractivity (Wildman–Crippen MR) is 117 cm³/mol. The number of aromatic nitrogens is 1. The largest absolute Gasteiger partial charge is 0.375 e. The van der Waals surface area contributed by atoms with Crippen LogP contribution in [0.2, 0.25) is 0 Å². The molecule has 3 rings (SSSR count). The van der Waals surface area contributed by atoms with E-state index in [9.17, 15) is 9.18 Å². The maximum absolute atomic E-state index is 13.1. The second-order valence-electron chi connectivity index (χ2n) is 7.35. The Bertz CT molecular complexity index is 965. The number of carbonyl (C=O) groups excluding carboxylic acids is 1. The summed E-state index contributed by atoms with van der Waals surface area (Å²) in [5.74, 6) is -0.407. The molecule has 4 heteroatoms. The van der Waals surface area contributed by atoms with Gasteiger partial charge >= 0.3 is 0 Å². The summed E-state index contributed by atoms with van der Waals surface area (Å²) in [6.45, 7) is 4.97. The molecule has 0 saturated carbocycles. The van der Waals surface area contributed by atoms with Crippen molar-refractivity contribution in [1.82, 2.24) is 4.98 Å². The van der Waals surface area contributed by atoms with E-state index >= 15 is 0 Å². The average Bonchev–Trinajstić information content (AvgIpc) is 2.73. The standard InChI is InChI=1S/C25H27FN2O/c1-4-17-28(3)23-13-9-21(10-14-23)20-5-7-22(8-6-20)24(29)15-11-19-12-16-25(26)27-18(19)2/h5-10,12-14,16H,4,11,15,17H2,1-3H3. The number of benzene rings is 2. The Morgan fingerprint density at radius 3 is 2.17 bits per heavy atom. The quantitative estimate of drug-likeness (QED) is 0.357. The molecule has 0 fully saturated rings. The van der Waals surface area contributed by atoms with Crippen molar-refractivity contribution in [3.05, 3.63) is 83.4 Å². The van der Waals surface area contributed by atoms with E-state index in [-0.39, 0.29) is 5.78 Å². The Hall–Kier alpha value is -3.01. The van der Waals surface area contributed by atoms with Gasteiger partial charge in [0.2, 0.25) is 5.95 Å². The highest BCUT2D eigenvalue weighted by molar-refractivity contribution is 5.96. The summed E-state index contributed by atoms with van der Waals surface area (Å²) in [5.41, 5.74) is 5.66. The molecule has 1 aromatic heterocycles. The first-order valence-corrected chi connectivity index (χ1v) is 10.0. The van der Waals surface area contributed by atoms with Crippen LogP contribution >= 0.6 is 0 Å². The van der Waals surface area contributed by atoms with Crippen molar-refractivity contribution in [3.63, 3.8) is 0 Å². The van der Waals surface area contributed by atoms with Gasteiger partial charge in [-0.3, -0.25) is 4.79 Å². The minimum atomic E-state index is -0.488. The van der Waals surface area contributed by atoms with Crippen molar-refractivity contribution in [2.75, 3.05) is 18.5 Å². The molecule has 0 atom stereocenters. The van der Waals surface area contributed by atoms with E-state index in [1.807, 2.05) is 24.3 Å². The number of nitrogens with zero attached hydrogens (tertiary/aromatic N) is 2. The highest BCUT2D eigenvalue weighted by Gasteiger charge is 2.09. The fourth-order valence-electron chi connectivity index (χ4n) is 3.44. The fraction of sp³-hybridized carbons (Fsp3) is 0.280. The Kier molecular flexibility index (Phi) is 6.76. The van der Waals surface area contributed by atoms with Crippen LogP contribution in [0.15, 0.2) is 60.7 Å². The number of anilines is 1. The Labute approximate surface area is 172 Å². The van der Waals surface area contributed by atoms with Crippen LogP contribution in [0.4, 0.5) is 10.1 Å². The van der Waals surface area contributed by atoms with Crippen LogP contribution in [0, 0.1) is 12.9 Å². The zero-order chi connectivity index (χ0) is 20.8. The first kappa shape index (κ1) is 20.7. The van der Waals surface area contributed by atoms with E-state index in [0.29, 0.717) is 24.1 Å². The first-order valence-electron chi connectivity index (χ1n) is 10.0. The third kappa shape index (κ3) is 5.29. The second kappa shape index (κ2) is 9.46. The van der Waals surface area contributed by atoms with E-state index in [2.05, 4.69) is 48.1 Å². The zero-order valence-electron chi connectivity index (χ0n) is 17.3. The van der Waals surface area contributed by atoms with E-state index in [4.69, 9.17) is 0 Å². The molecular weight excluding hydrogens is 363 g/mol. The summed E-state index contributed by atoms with van der Waals surface area (Å²) < 4.78 is 13.1. The molecule has 3 nitrogen and oxygen atoms in total. The number of ketones is 1. The lowest BCUT2D eigenvalue weighted by Gasteiger charge is -2.18. The molecule has 0 aliphatic carbocycles. The summed E-state index contributed by atoms with van der Waals surface area (Å²) in [5, 5.41) is 0. The number of pyridine rings is 1. The molecule has 0 amide bonds. The molecule has 1 heterocycles. The minimum absolute atomic E-state index is 0.0804. The monoisotopic (exact) mass is 390 g/mol. The van der Waals surface area contributed by atoms with Gasteiger partial charge in [-0.1, -0.05) is 49.4 Å². The molecule has 0 bridgehead atoms. The van der Waals surface area contributed by atoms with Gasteiger partial charge in [-0.05, 0) is 54.7 Å². The number of carbonyl (C=O) groups is 1. The van der Waals surface area contributed by atoms with Crippen LogP contribution in [-0.4, -0.2) is 24.4 Å². The number of halogens is 1. The van der Waals surface area contributed by atoms with Gasteiger partial charge in [-0.25, -0.2) is 4.98 Å². The molecule has 0 saturated heterocycles. The summed E-state index contributed by atoms with van der Waals surface area (Å²) in [6.07, 6.45) is 2.06. The smallest absolute Gasteiger partial charge is 0.213 e. The van der Waals surface area contributed by atoms with Crippen molar-refractivity contribution in [1.29, 1.82) is 0 Å². The molecule has 2 aromatic carbocycles. The molecule has 0 N–H and O–H groups in total. The van der Waals surface area contributed by atoms with Crippen LogP contribution in [0.5, 0.6) is 0 Å². The van der Waals surface area contributed by atoms with Crippen LogP contribution < -0.4 is 4.90 Å². The normalized spacial score (nSPS) is 10.8. The predicted octanol–water partition coefficient (Wildman–Crippen LogP) is 5.86. The van der Waals surface area contributed by atoms with Crippen LogP contribution in [0.3, 0.4) is 0 Å². The first-order chi connectivity index (χ1) is 14.0. The van der Waals surface area contributed by atoms with Crippen molar-refractivity contribution in [2.24, 2.45) is 0 Å². The average molecular weight is 391 g/mol. The highest BCUT2D eigenvalue weighted by Crippen LogP contribution is 2.24. The maximum atomic E-state index is 13.1. The topological polar surface area (TPSA) is 33.2 Å². The van der Waals surface area contributed by atoms with Crippen molar-refractivity contribution in [2.45, 2.75) is 33.1 Å². The van der Waals surface area contributed by atoms with Crippen LogP contribution in [-0.2, 0) is 6.42 Å². The minimum Gasteiger partial charge on any atom is -0.375 e. The molecule has 29 heavy (non-hydrogen) atoms. The van der Waals surface area contributed by atoms with Gasteiger partial charge in [0.1, 0.15) is 0 Å². The van der Waals surface area contributed by atoms with Crippen molar-refractivity contribution < 1.29 is 9.18 Å². The molecule has 150 valence electrons. The van der Waals surface area contributed by atoms with Gasteiger partial charge in [0.15, 0.2) is 5.78 Å². The molecule has 0 spiro atoms. The molecular formula is C25H27FN2O. The second-order valence-corrected chi connectivity index (χ2v) is 7.35. The van der Waals surface area contributed by atoms with Gasteiger partial charge in [0.05, 0.1) is 0 Å². The van der Waals surface area contributed by atoms with Crippen molar-refractivity contribution >= 4 is 11.5 Å². The number of rotatable bonds is 8. The molecule has 0 aliphatic rings. The highest BCUT2D eigenvalue weighted by atomic mass is 19.1. The van der Waals surface area contributed by atoms with Gasteiger partial charge < -0.3 is 4.90 Å². The SMILES string of the molecule is CCCN(C)c1ccc(-c2ccc(C(=O)CCc3ccc(F)nc3C)cc2)cc1. The third-order valence-electron chi connectivity index (χ3n) is 5.19. The summed E-state index contributed by atoms with van der Waals surface area (Å²) in [7, 11) is 2.10. The molecule has 0 radical (unpaired) electrons. The summed E-state index contributed by atoms with van der Waals surface area (Å²) >= 11 is 0. The third-order valence-corrected chi connectivity index (χ3v) is 5.19. The molecule has 3 aromatic rings. The lowest BCUT2D eigenvalue weighted by atomic mass is 9.99. The number of hydrogen-bond donors (Lipinski definition) is 0. The van der Waals surface area contributed by atoms with Crippen LogP contribution in [0.1, 0.15) is 41.4 Å². The Morgan fingerprint density at radius 1 is 0.966 bits per heavy atom. The Morgan fingerprint density at radius 2 is 1.59 bits per heavy atom. The maximum Gasteiger partial charge on any atom is 0.213 e. The Balaban J connectivity index is 1.64. The number of hydrogen-bond acceptors (Lipinski definition) is 3. The van der Waals surface area contributed by atoms with E-state index in [1.165, 1.54) is 11.8 Å². The van der Waals surface area contributed by atoms with Crippen molar-refractivity contribution in [3.8, 4) is 11.1 Å². The van der Waals surface area contributed by atoms with Gasteiger partial charge in [-0.2, -0.15) is 4.39 Å². The van der Waals surface area contributed by atoms with Gasteiger partial charge in [-0.15, -0.1) is 0 Å². The number of Topliss-reactive ketones (excluding diaryl/α,β-unsaturated/α-hetero) is 1. The molecule has 0 aliphatic heterocycles. The number of aryl methyl sites for hydroxylation is 2.